The molecule has 4 bridgehead atoms. The number of carbonyl (C=O) groups excluding carboxylic acids is 3. The van der Waals surface area contributed by atoms with E-state index >= 15 is 0 Å². The van der Waals surface area contributed by atoms with E-state index in [4.69, 9.17) is 9.47 Å². The minimum absolute atomic E-state index is 0.0551. The maximum Gasteiger partial charge on any atom is 0.427 e. The first-order valence-corrected chi connectivity index (χ1v) is 15.8. The summed E-state index contributed by atoms with van der Waals surface area (Å²) in [5.74, 6) is -10.2. The van der Waals surface area contributed by atoms with Crippen LogP contribution in [-0.2, 0) is 38.7 Å². The first-order valence-electron chi connectivity index (χ1n) is 14.4. The highest BCUT2D eigenvalue weighted by Gasteiger charge is 2.71. The van der Waals surface area contributed by atoms with E-state index < -0.39 is 99.4 Å². The van der Waals surface area contributed by atoms with Gasteiger partial charge in [-0.15, -0.1) is 0 Å². The van der Waals surface area contributed by atoms with E-state index in [1.165, 1.54) is 0 Å². The summed E-state index contributed by atoms with van der Waals surface area (Å²) in [4.78, 5) is 39.7. The maximum atomic E-state index is 13.8. The molecule has 2 saturated carbocycles. The first kappa shape index (κ1) is 31.0. The third kappa shape index (κ3) is 4.61. The molecule has 1 aliphatic heterocycles. The summed E-state index contributed by atoms with van der Waals surface area (Å²) >= 11 is 0. The minimum atomic E-state index is -6.73. The van der Waals surface area contributed by atoms with Gasteiger partial charge in [-0.25, -0.2) is 8.42 Å². The summed E-state index contributed by atoms with van der Waals surface area (Å²) < 4.78 is 131. The van der Waals surface area contributed by atoms with E-state index in [2.05, 4.69) is 4.74 Å². The highest BCUT2D eigenvalue weighted by Crippen LogP contribution is 2.60. The van der Waals surface area contributed by atoms with E-state index in [-0.39, 0.29) is 12.3 Å². The fourth-order valence-electron chi connectivity index (χ4n) is 8.55. The van der Waals surface area contributed by atoms with Gasteiger partial charge in [0.2, 0.25) is 6.10 Å². The largest absolute Gasteiger partial charge is 0.747 e. The van der Waals surface area contributed by atoms with Gasteiger partial charge < -0.3 is 18.8 Å². The van der Waals surface area contributed by atoms with Gasteiger partial charge in [0.15, 0.2) is 5.25 Å². The van der Waals surface area contributed by atoms with Crippen molar-refractivity contribution < 1.29 is 67.9 Å². The third-order valence-electron chi connectivity index (χ3n) is 10.2. The number of benzene rings is 2. The molecule has 0 N–H and O–H groups in total. The first-order chi connectivity index (χ1) is 21.5. The normalized spacial score (nSPS) is 33.5. The molecule has 0 spiro atoms. The Hall–Kier alpha value is -3.66. The number of carbonyl (C=O) groups is 3. The van der Waals surface area contributed by atoms with Gasteiger partial charge in [0.05, 0.1) is 17.8 Å². The Balaban J connectivity index is 1.16. The molecule has 1 heterocycles. The van der Waals surface area contributed by atoms with Gasteiger partial charge in [0.1, 0.15) is 22.3 Å². The van der Waals surface area contributed by atoms with Crippen LogP contribution in [0.25, 0.3) is 0 Å². The predicted octanol–water partition coefficient (Wildman–Crippen LogP) is 3.95. The average Bonchev–Trinajstić information content (AvgIpc) is 3.59. The zero-order valence-electron chi connectivity index (χ0n) is 23.2. The number of halogens is 6. The quantitative estimate of drug-likeness (QED) is 0.193. The number of ether oxygens (including phenoxy) is 3. The Kier molecular flexibility index (Phi) is 6.84. The molecule has 2 aromatic carbocycles. The van der Waals surface area contributed by atoms with Crippen LogP contribution in [0, 0.1) is 29.6 Å². The second kappa shape index (κ2) is 10.2. The van der Waals surface area contributed by atoms with E-state index in [9.17, 15) is 53.7 Å². The fourth-order valence-corrected chi connectivity index (χ4v) is 9.39. The molecule has 0 amide bonds. The Bertz CT molecular complexity index is 1690. The van der Waals surface area contributed by atoms with Crippen LogP contribution in [0.2, 0.25) is 0 Å². The zero-order valence-corrected chi connectivity index (χ0v) is 24.1. The van der Waals surface area contributed by atoms with Crippen molar-refractivity contribution >= 4 is 28.0 Å². The van der Waals surface area contributed by atoms with Crippen molar-refractivity contribution in [1.29, 1.82) is 0 Å². The molecule has 9 atom stereocenters. The van der Waals surface area contributed by atoms with Crippen molar-refractivity contribution in [2.75, 3.05) is 0 Å². The molecule has 0 radical (unpaired) electrons. The topological polar surface area (TPSA) is 136 Å². The second-order valence-electron chi connectivity index (χ2n) is 12.4. The number of alkyl halides is 6. The number of esters is 3. The summed E-state index contributed by atoms with van der Waals surface area (Å²) in [5.41, 5.74) is 3.96. The molecule has 5 aliphatic carbocycles. The van der Waals surface area contributed by atoms with Crippen LogP contribution in [0.5, 0.6) is 0 Å². The number of hydrogen-bond acceptors (Lipinski definition) is 9. The summed E-state index contributed by atoms with van der Waals surface area (Å²) in [6, 6.07) is 15.2. The van der Waals surface area contributed by atoms with Gasteiger partial charge >= 0.3 is 30.3 Å². The summed E-state index contributed by atoms with van der Waals surface area (Å²) in [6.07, 6.45) is -18.8. The summed E-state index contributed by atoms with van der Waals surface area (Å²) in [7, 11) is -6.73. The van der Waals surface area contributed by atoms with E-state index in [1.54, 1.807) is 0 Å². The second-order valence-corrected chi connectivity index (χ2v) is 13.9. The van der Waals surface area contributed by atoms with Gasteiger partial charge in [-0.05, 0) is 35.1 Å². The lowest BCUT2D eigenvalue weighted by Gasteiger charge is -2.45. The van der Waals surface area contributed by atoms with Crippen LogP contribution in [0.4, 0.5) is 26.3 Å². The van der Waals surface area contributed by atoms with E-state index in [1.807, 2.05) is 48.5 Å². The molecule has 246 valence electrons. The van der Waals surface area contributed by atoms with Crippen LogP contribution in [0.3, 0.4) is 0 Å². The molecule has 46 heavy (non-hydrogen) atoms. The van der Waals surface area contributed by atoms with Crippen molar-refractivity contribution in [2.45, 2.75) is 60.6 Å². The van der Waals surface area contributed by atoms with Crippen molar-refractivity contribution in [3.8, 4) is 0 Å². The van der Waals surface area contributed by atoms with Crippen molar-refractivity contribution in [3.05, 3.63) is 70.8 Å². The molecule has 9 unspecified atom stereocenters. The van der Waals surface area contributed by atoms with Gasteiger partial charge in [0, 0.05) is 23.7 Å². The fraction of sp³-hybridized carbons (Fsp3) is 0.500. The lowest BCUT2D eigenvalue weighted by atomic mass is 9.59. The molecule has 0 aromatic heterocycles. The Morgan fingerprint density at radius 1 is 0.848 bits per heavy atom. The molecule has 16 heteroatoms. The SMILES string of the molecule is O=C(OC1C2CC3C1OC(=O)C3C2C(=O)OC(C(C(F)(F)F)S(=O)(=O)[O-])C(F)(F)F)C1CC2c3ccccc3C1c1ccccc12. The maximum absolute atomic E-state index is 13.8. The standard InChI is InChI=1S/C30H24F6O9S/c31-29(32,33)24(25(30(34,35)36)46(40,41)42)45-28(39)21-17-10-16-20(21)27(38)44-23(16)22(17)43-26(37)18-9-15-11-5-1-3-7-13(11)19(18)14-8-4-2-6-12(14)15/h1-8,15-25H,9-10H2,(H,40,41,42)/p-1. The highest BCUT2D eigenvalue weighted by molar-refractivity contribution is 7.86. The third-order valence-corrected chi connectivity index (χ3v) is 11.3. The van der Waals surface area contributed by atoms with Gasteiger partial charge in [-0.1, -0.05) is 48.5 Å². The number of fused-ring (bicyclic) bond motifs is 2. The van der Waals surface area contributed by atoms with E-state index in [0.29, 0.717) is 6.42 Å². The number of hydrogen-bond donors (Lipinski definition) is 0. The van der Waals surface area contributed by atoms with Crippen LogP contribution >= 0.6 is 0 Å². The van der Waals surface area contributed by atoms with Crippen LogP contribution in [-0.4, -0.2) is 66.8 Å². The Morgan fingerprint density at radius 2 is 1.41 bits per heavy atom. The Morgan fingerprint density at radius 3 is 1.93 bits per heavy atom. The monoisotopic (exact) mass is 673 g/mol. The molecule has 9 nitrogen and oxygen atoms in total. The lowest BCUT2D eigenvalue weighted by molar-refractivity contribution is -0.251. The molecule has 2 aromatic rings. The van der Waals surface area contributed by atoms with Crippen molar-refractivity contribution in [2.24, 2.45) is 29.6 Å². The molecule has 6 aliphatic rings. The minimum Gasteiger partial charge on any atom is -0.747 e. The Labute approximate surface area is 256 Å². The lowest BCUT2D eigenvalue weighted by Crippen LogP contribution is -2.55. The predicted molar refractivity (Wildman–Crippen MR) is 138 cm³/mol. The molecule has 3 fully saturated rings. The van der Waals surface area contributed by atoms with Crippen molar-refractivity contribution in [1.82, 2.24) is 0 Å². The average molecular weight is 674 g/mol. The zero-order chi connectivity index (χ0) is 33.1. The summed E-state index contributed by atoms with van der Waals surface area (Å²) in [6.45, 7) is 0. The molecular formula is C30H23F6O9S-. The highest BCUT2D eigenvalue weighted by atomic mass is 32.2. The van der Waals surface area contributed by atoms with Crippen LogP contribution in [0.1, 0.15) is 46.9 Å². The van der Waals surface area contributed by atoms with Gasteiger partial charge in [-0.2, -0.15) is 26.3 Å². The van der Waals surface area contributed by atoms with Crippen molar-refractivity contribution in [3.63, 3.8) is 0 Å². The van der Waals surface area contributed by atoms with E-state index in [0.717, 1.165) is 22.3 Å². The smallest absolute Gasteiger partial charge is 0.427 e. The van der Waals surface area contributed by atoms with Gasteiger partial charge in [-0.3, -0.25) is 14.4 Å². The molecule has 1 saturated heterocycles. The van der Waals surface area contributed by atoms with Crippen LogP contribution in [0.15, 0.2) is 48.5 Å². The summed E-state index contributed by atoms with van der Waals surface area (Å²) in [5, 5.41) is -4.65. The van der Waals surface area contributed by atoms with Crippen LogP contribution < -0.4 is 0 Å². The number of rotatable bonds is 6. The molecule has 8 rings (SSSR count). The molecular weight excluding hydrogens is 650 g/mol. The van der Waals surface area contributed by atoms with Gasteiger partial charge in [0.25, 0.3) is 0 Å².